The predicted octanol–water partition coefficient (Wildman–Crippen LogP) is 2.98. The number of nitrogens with two attached hydrogens (primary N) is 1. The Hall–Kier alpha value is -2.89. The van der Waals surface area contributed by atoms with Gasteiger partial charge in [-0.1, -0.05) is 23.8 Å². The van der Waals surface area contributed by atoms with Gasteiger partial charge in [0.2, 0.25) is 5.75 Å². The van der Waals surface area contributed by atoms with Crippen LogP contribution in [0.3, 0.4) is 0 Å². The number of nitro groups is 1. The molecule has 0 heterocycles. The lowest BCUT2D eigenvalue weighted by atomic mass is 10.1. The van der Waals surface area contributed by atoms with E-state index in [4.69, 9.17) is 15.9 Å². The number of nitrogens with zero attached hydrogens (tertiary/aromatic N) is 1. The predicted molar refractivity (Wildman–Crippen MR) is 75.4 cm³/mol. The van der Waals surface area contributed by atoms with E-state index in [9.17, 15) is 10.1 Å². The fraction of sp³-hybridized carbons (Fsp3) is 0.0714. The van der Waals surface area contributed by atoms with Crippen molar-refractivity contribution in [3.8, 4) is 11.5 Å². The fourth-order valence-corrected chi connectivity index (χ4v) is 1.76. The number of para-hydroxylation sites is 2. The molecule has 2 aromatic carbocycles. The minimum Gasteiger partial charge on any atom is -0.449 e. The van der Waals surface area contributed by atoms with Gasteiger partial charge in [0.05, 0.1) is 10.5 Å². The largest absolute Gasteiger partial charge is 0.449 e. The van der Waals surface area contributed by atoms with Crippen LogP contribution < -0.4 is 10.5 Å². The van der Waals surface area contributed by atoms with Crippen LogP contribution in [-0.4, -0.2) is 10.8 Å². The van der Waals surface area contributed by atoms with E-state index in [1.54, 1.807) is 30.3 Å². The topological polar surface area (TPSA) is 102 Å². The number of hydrogen-bond acceptors (Lipinski definition) is 4. The van der Waals surface area contributed by atoms with Gasteiger partial charge in [0.15, 0.2) is 0 Å². The lowest BCUT2D eigenvalue weighted by molar-refractivity contribution is -0.385. The molecule has 0 amide bonds. The van der Waals surface area contributed by atoms with Crippen molar-refractivity contribution in [2.24, 2.45) is 5.73 Å². The normalized spacial score (nSPS) is 10.1. The van der Waals surface area contributed by atoms with E-state index in [-0.39, 0.29) is 17.3 Å². The van der Waals surface area contributed by atoms with Crippen LogP contribution in [0, 0.1) is 22.4 Å². The maximum atomic E-state index is 10.9. The number of benzene rings is 2. The zero-order valence-corrected chi connectivity index (χ0v) is 10.8. The first kappa shape index (κ1) is 13.5. The third-order valence-corrected chi connectivity index (χ3v) is 2.71. The molecule has 0 aliphatic rings. The van der Waals surface area contributed by atoms with Gasteiger partial charge in [0.25, 0.3) is 0 Å². The molecule has 0 aliphatic heterocycles. The zero-order valence-electron chi connectivity index (χ0n) is 10.8. The average molecular weight is 271 g/mol. The summed E-state index contributed by atoms with van der Waals surface area (Å²) in [5.41, 5.74) is 6.69. The summed E-state index contributed by atoms with van der Waals surface area (Å²) in [5, 5.41) is 18.5. The highest BCUT2D eigenvalue weighted by Crippen LogP contribution is 2.32. The van der Waals surface area contributed by atoms with E-state index < -0.39 is 4.92 Å². The van der Waals surface area contributed by atoms with Gasteiger partial charge in [0, 0.05) is 6.07 Å². The van der Waals surface area contributed by atoms with E-state index in [2.05, 4.69) is 0 Å². The molecule has 2 rings (SSSR count). The molecule has 0 aromatic heterocycles. The maximum Gasteiger partial charge on any atom is 0.311 e. The highest BCUT2D eigenvalue weighted by atomic mass is 16.6. The molecule has 20 heavy (non-hydrogen) atoms. The molecule has 0 unspecified atom stereocenters. The molecule has 3 N–H and O–H groups in total. The average Bonchev–Trinajstić information content (AvgIpc) is 2.41. The molecule has 0 bridgehead atoms. The Bertz CT molecular complexity index is 683. The van der Waals surface area contributed by atoms with Gasteiger partial charge in [0.1, 0.15) is 11.6 Å². The van der Waals surface area contributed by atoms with Crippen LogP contribution in [-0.2, 0) is 0 Å². The lowest BCUT2D eigenvalue weighted by Crippen LogP contribution is -2.12. The maximum absolute atomic E-state index is 10.9. The van der Waals surface area contributed by atoms with Crippen LogP contribution in [0.15, 0.2) is 42.5 Å². The first-order valence-corrected chi connectivity index (χ1v) is 5.85. The summed E-state index contributed by atoms with van der Waals surface area (Å²) in [6.07, 6.45) is 0. The lowest BCUT2D eigenvalue weighted by Gasteiger charge is -2.11. The summed E-state index contributed by atoms with van der Waals surface area (Å²) in [6, 6.07) is 11.2. The van der Waals surface area contributed by atoms with Crippen molar-refractivity contribution in [2.45, 2.75) is 6.92 Å². The summed E-state index contributed by atoms with van der Waals surface area (Å²) in [7, 11) is 0. The van der Waals surface area contributed by atoms with Crippen molar-refractivity contribution < 1.29 is 9.66 Å². The van der Waals surface area contributed by atoms with Crippen LogP contribution in [0.1, 0.15) is 11.1 Å². The summed E-state index contributed by atoms with van der Waals surface area (Å²) < 4.78 is 5.56. The molecule has 102 valence electrons. The molecule has 0 spiro atoms. The first-order chi connectivity index (χ1) is 9.49. The number of nitrogen functional groups attached to an aromatic ring is 1. The fourth-order valence-electron chi connectivity index (χ4n) is 1.76. The number of nitrogens with one attached hydrogen (secondary N) is 1. The molecule has 0 atom stereocenters. The quantitative estimate of drug-likeness (QED) is 0.386. The highest BCUT2D eigenvalue weighted by molar-refractivity contribution is 5.97. The molecular weight excluding hydrogens is 258 g/mol. The number of hydrogen-bond donors (Lipinski definition) is 2. The Morgan fingerprint density at radius 1 is 1.25 bits per heavy atom. The monoisotopic (exact) mass is 271 g/mol. The second-order valence-corrected chi connectivity index (χ2v) is 4.24. The summed E-state index contributed by atoms with van der Waals surface area (Å²) >= 11 is 0. The van der Waals surface area contributed by atoms with Gasteiger partial charge in [-0.15, -0.1) is 0 Å². The number of ether oxygens (including phenoxy) is 1. The minimum atomic E-state index is -0.517. The van der Waals surface area contributed by atoms with Gasteiger partial charge < -0.3 is 10.5 Å². The molecule has 6 nitrogen and oxygen atoms in total. The van der Waals surface area contributed by atoms with Crippen LogP contribution >= 0.6 is 0 Å². The van der Waals surface area contributed by atoms with E-state index in [0.29, 0.717) is 11.3 Å². The van der Waals surface area contributed by atoms with E-state index in [1.807, 2.05) is 6.92 Å². The van der Waals surface area contributed by atoms with Crippen molar-refractivity contribution >= 4 is 11.5 Å². The van der Waals surface area contributed by atoms with Gasteiger partial charge in [-0.2, -0.15) is 0 Å². The van der Waals surface area contributed by atoms with Crippen molar-refractivity contribution in [3.63, 3.8) is 0 Å². The second-order valence-electron chi connectivity index (χ2n) is 4.24. The van der Waals surface area contributed by atoms with Crippen LogP contribution in [0.4, 0.5) is 5.69 Å². The number of nitro benzene ring substituents is 1. The second kappa shape index (κ2) is 5.40. The Morgan fingerprint density at radius 2 is 1.95 bits per heavy atom. The molecule has 0 aliphatic carbocycles. The van der Waals surface area contributed by atoms with Crippen molar-refractivity contribution in [1.29, 1.82) is 5.41 Å². The van der Waals surface area contributed by atoms with Crippen molar-refractivity contribution in [2.75, 3.05) is 0 Å². The standard InChI is InChI=1S/C14H13N3O3/c1-9-6-7-12(10(8-9)14(15)16)20-13-5-3-2-4-11(13)17(18)19/h2-8H,1H3,(H3,15,16). The van der Waals surface area contributed by atoms with Gasteiger partial charge >= 0.3 is 5.69 Å². The van der Waals surface area contributed by atoms with Gasteiger partial charge in [-0.3, -0.25) is 15.5 Å². The summed E-state index contributed by atoms with van der Waals surface area (Å²) in [5.74, 6) is 0.281. The number of aryl methyl sites for hydroxylation is 1. The smallest absolute Gasteiger partial charge is 0.311 e. The van der Waals surface area contributed by atoms with E-state index >= 15 is 0 Å². The number of rotatable bonds is 4. The minimum absolute atomic E-state index is 0.115. The molecule has 0 saturated carbocycles. The highest BCUT2D eigenvalue weighted by Gasteiger charge is 2.16. The Morgan fingerprint density at radius 3 is 2.60 bits per heavy atom. The van der Waals surface area contributed by atoms with Crippen molar-refractivity contribution in [3.05, 3.63) is 63.7 Å². The third kappa shape index (κ3) is 2.74. The molecule has 0 saturated heterocycles. The zero-order chi connectivity index (χ0) is 14.7. The van der Waals surface area contributed by atoms with Crippen LogP contribution in [0.5, 0.6) is 11.5 Å². The first-order valence-electron chi connectivity index (χ1n) is 5.85. The summed E-state index contributed by atoms with van der Waals surface area (Å²) in [6.45, 7) is 1.86. The molecular formula is C14H13N3O3. The van der Waals surface area contributed by atoms with E-state index in [0.717, 1.165) is 5.56 Å². The van der Waals surface area contributed by atoms with E-state index in [1.165, 1.54) is 12.1 Å². The molecule has 6 heteroatoms. The molecule has 2 aromatic rings. The Labute approximate surface area is 115 Å². The number of amidine groups is 1. The third-order valence-electron chi connectivity index (χ3n) is 2.71. The Kier molecular flexibility index (Phi) is 3.65. The summed E-state index contributed by atoms with van der Waals surface area (Å²) in [4.78, 5) is 10.4. The van der Waals surface area contributed by atoms with Gasteiger partial charge in [-0.25, -0.2) is 0 Å². The molecule has 0 radical (unpaired) electrons. The van der Waals surface area contributed by atoms with Crippen molar-refractivity contribution in [1.82, 2.24) is 0 Å². The van der Waals surface area contributed by atoms with Crippen LogP contribution in [0.2, 0.25) is 0 Å². The SMILES string of the molecule is Cc1ccc(Oc2ccccc2[N+](=O)[O-])c(C(=N)N)c1. The van der Waals surface area contributed by atoms with Crippen LogP contribution in [0.25, 0.3) is 0 Å². The van der Waals surface area contributed by atoms with Gasteiger partial charge in [-0.05, 0) is 25.1 Å². The Balaban J connectivity index is 2.45. The molecule has 0 fully saturated rings.